The summed E-state index contributed by atoms with van der Waals surface area (Å²) in [6, 6.07) is 9.52. The van der Waals surface area contributed by atoms with Crippen molar-refractivity contribution in [3.05, 3.63) is 35.9 Å². The number of amides is 1. The van der Waals surface area contributed by atoms with Crippen LogP contribution in [0.15, 0.2) is 30.3 Å². The molecule has 1 amide bonds. The highest BCUT2D eigenvalue weighted by atomic mass is 16.6. The second-order valence-electron chi connectivity index (χ2n) is 5.86. The fourth-order valence-electron chi connectivity index (χ4n) is 3.69. The molecule has 2 aliphatic rings. The zero-order chi connectivity index (χ0) is 15.0. The average molecular weight is 289 g/mol. The van der Waals surface area contributed by atoms with Gasteiger partial charge in [-0.1, -0.05) is 37.3 Å². The maximum absolute atomic E-state index is 12.0. The lowest BCUT2D eigenvalue weighted by molar-refractivity contribution is -0.145. The van der Waals surface area contributed by atoms with Crippen molar-refractivity contribution in [3.63, 3.8) is 0 Å². The lowest BCUT2D eigenvalue weighted by atomic mass is 9.97. The van der Waals surface area contributed by atoms with Gasteiger partial charge in [0.2, 0.25) is 0 Å². The molecule has 1 N–H and O–H groups in total. The van der Waals surface area contributed by atoms with Crippen LogP contribution in [-0.2, 0) is 16.1 Å². The lowest BCUT2D eigenvalue weighted by Gasteiger charge is -2.23. The van der Waals surface area contributed by atoms with Crippen molar-refractivity contribution in [2.75, 3.05) is 13.1 Å². The standard InChI is InChI=1S/C16H19NO4/c1-2-16(14(18)19)12-8-17(9-13(12)16)15(20)21-10-11-6-4-3-5-7-11/h3-7,12-13H,2,8-10H2,1H3,(H,18,19)/t12-,13+,16?. The Balaban J connectivity index is 1.53. The molecular formula is C16H19NO4. The van der Waals surface area contributed by atoms with E-state index in [0.717, 1.165) is 5.56 Å². The van der Waals surface area contributed by atoms with Crippen LogP contribution >= 0.6 is 0 Å². The van der Waals surface area contributed by atoms with E-state index in [1.807, 2.05) is 37.3 Å². The summed E-state index contributed by atoms with van der Waals surface area (Å²) in [7, 11) is 0. The Labute approximate surface area is 123 Å². The molecule has 1 unspecified atom stereocenters. The molecular weight excluding hydrogens is 270 g/mol. The van der Waals surface area contributed by atoms with Crippen LogP contribution in [0.5, 0.6) is 0 Å². The number of rotatable bonds is 4. The van der Waals surface area contributed by atoms with E-state index < -0.39 is 11.4 Å². The molecule has 1 saturated heterocycles. The van der Waals surface area contributed by atoms with E-state index in [1.54, 1.807) is 4.90 Å². The van der Waals surface area contributed by atoms with E-state index in [4.69, 9.17) is 4.74 Å². The van der Waals surface area contributed by atoms with Crippen molar-refractivity contribution in [1.82, 2.24) is 4.90 Å². The van der Waals surface area contributed by atoms with Crippen molar-refractivity contribution in [2.24, 2.45) is 17.3 Å². The van der Waals surface area contributed by atoms with Crippen LogP contribution in [0, 0.1) is 17.3 Å². The van der Waals surface area contributed by atoms with Gasteiger partial charge in [-0.2, -0.15) is 0 Å². The van der Waals surface area contributed by atoms with E-state index in [9.17, 15) is 14.7 Å². The molecule has 0 radical (unpaired) electrons. The van der Waals surface area contributed by atoms with Crippen molar-refractivity contribution in [3.8, 4) is 0 Å². The highest BCUT2D eigenvalue weighted by molar-refractivity contribution is 5.81. The monoisotopic (exact) mass is 289 g/mol. The van der Waals surface area contributed by atoms with E-state index in [1.165, 1.54) is 0 Å². The van der Waals surface area contributed by atoms with Crippen LogP contribution in [0.2, 0.25) is 0 Å². The number of fused-ring (bicyclic) bond motifs is 1. The predicted octanol–water partition coefficient (Wildman–Crippen LogP) is 2.37. The van der Waals surface area contributed by atoms with Crippen LogP contribution in [0.1, 0.15) is 18.9 Å². The molecule has 1 aliphatic heterocycles. The van der Waals surface area contributed by atoms with Gasteiger partial charge >= 0.3 is 12.1 Å². The van der Waals surface area contributed by atoms with Crippen LogP contribution in [-0.4, -0.2) is 35.2 Å². The minimum atomic E-state index is -0.725. The number of piperidine rings is 1. The Morgan fingerprint density at radius 3 is 2.43 bits per heavy atom. The third-order valence-corrected chi connectivity index (χ3v) is 4.98. The second kappa shape index (κ2) is 5.06. The number of carboxylic acid groups (broad SMARTS) is 1. The summed E-state index contributed by atoms with van der Waals surface area (Å²) in [5.74, 6) is -0.550. The third kappa shape index (κ3) is 2.17. The first-order valence-electron chi connectivity index (χ1n) is 7.28. The average Bonchev–Trinajstić information content (AvgIpc) is 2.88. The number of likely N-dealkylation sites (tertiary alicyclic amines) is 1. The van der Waals surface area contributed by atoms with E-state index in [2.05, 4.69) is 0 Å². The summed E-state index contributed by atoms with van der Waals surface area (Å²) >= 11 is 0. The maximum atomic E-state index is 12.0. The molecule has 1 aromatic carbocycles. The minimum Gasteiger partial charge on any atom is -0.481 e. The quantitative estimate of drug-likeness (QED) is 0.924. The van der Waals surface area contributed by atoms with Gasteiger partial charge in [0.15, 0.2) is 0 Å². The largest absolute Gasteiger partial charge is 0.481 e. The SMILES string of the molecule is CCC1(C(=O)O)[C@@H]2CN(C(=O)OCc3ccccc3)C[C@@H]21. The normalized spacial score (nSPS) is 29.9. The van der Waals surface area contributed by atoms with Crippen LogP contribution in [0.4, 0.5) is 4.79 Å². The van der Waals surface area contributed by atoms with Gasteiger partial charge in [0.05, 0.1) is 5.41 Å². The van der Waals surface area contributed by atoms with Gasteiger partial charge in [-0.15, -0.1) is 0 Å². The first-order chi connectivity index (χ1) is 10.1. The molecule has 0 aromatic heterocycles. The first kappa shape index (κ1) is 13.9. The Morgan fingerprint density at radius 1 is 1.29 bits per heavy atom. The molecule has 0 spiro atoms. The topological polar surface area (TPSA) is 66.8 Å². The molecule has 21 heavy (non-hydrogen) atoms. The molecule has 3 atom stereocenters. The zero-order valence-corrected chi connectivity index (χ0v) is 12.0. The van der Waals surface area contributed by atoms with Gasteiger partial charge in [0.1, 0.15) is 6.61 Å². The minimum absolute atomic E-state index is 0.0873. The van der Waals surface area contributed by atoms with E-state index in [0.29, 0.717) is 19.5 Å². The molecule has 5 nitrogen and oxygen atoms in total. The summed E-state index contributed by atoms with van der Waals surface area (Å²) < 4.78 is 5.28. The number of hydrogen-bond acceptors (Lipinski definition) is 3. The summed E-state index contributed by atoms with van der Waals surface area (Å²) in [4.78, 5) is 25.0. The Bertz CT molecular complexity index is 545. The summed E-state index contributed by atoms with van der Waals surface area (Å²) in [5.41, 5.74) is 0.347. The molecule has 5 heteroatoms. The number of ether oxygens (including phenoxy) is 1. The third-order valence-electron chi connectivity index (χ3n) is 4.98. The first-order valence-corrected chi connectivity index (χ1v) is 7.28. The number of benzene rings is 1. The van der Waals surface area contributed by atoms with Gasteiger partial charge in [-0.3, -0.25) is 4.79 Å². The van der Waals surface area contributed by atoms with Crippen molar-refractivity contribution in [2.45, 2.75) is 20.0 Å². The molecule has 1 heterocycles. The molecule has 1 aliphatic carbocycles. The van der Waals surface area contributed by atoms with Gasteiger partial charge in [0.25, 0.3) is 0 Å². The number of aliphatic carboxylic acids is 1. The second-order valence-corrected chi connectivity index (χ2v) is 5.86. The van der Waals surface area contributed by atoms with Crippen LogP contribution < -0.4 is 0 Å². The van der Waals surface area contributed by atoms with Crippen molar-refractivity contribution < 1.29 is 19.4 Å². The van der Waals surface area contributed by atoms with Gasteiger partial charge < -0.3 is 14.7 Å². The number of hydrogen-bond donors (Lipinski definition) is 1. The molecule has 0 bridgehead atoms. The molecule has 112 valence electrons. The van der Waals surface area contributed by atoms with Gasteiger partial charge in [-0.25, -0.2) is 4.79 Å². The Morgan fingerprint density at radius 2 is 1.90 bits per heavy atom. The van der Waals surface area contributed by atoms with Crippen molar-refractivity contribution in [1.29, 1.82) is 0 Å². The smallest absolute Gasteiger partial charge is 0.410 e. The fraction of sp³-hybridized carbons (Fsp3) is 0.500. The van der Waals surface area contributed by atoms with Crippen molar-refractivity contribution >= 4 is 12.1 Å². The highest BCUT2D eigenvalue weighted by Gasteiger charge is 2.72. The van der Waals surface area contributed by atoms with Crippen LogP contribution in [0.25, 0.3) is 0 Å². The van der Waals surface area contributed by atoms with Crippen LogP contribution in [0.3, 0.4) is 0 Å². The maximum Gasteiger partial charge on any atom is 0.410 e. The predicted molar refractivity (Wildman–Crippen MR) is 75.5 cm³/mol. The Hall–Kier alpha value is -2.04. The molecule has 1 saturated carbocycles. The Kier molecular flexibility index (Phi) is 3.35. The van der Waals surface area contributed by atoms with Gasteiger partial charge in [-0.05, 0) is 23.8 Å². The fourth-order valence-corrected chi connectivity index (χ4v) is 3.69. The van der Waals surface area contributed by atoms with E-state index >= 15 is 0 Å². The number of carbonyl (C=O) groups excluding carboxylic acids is 1. The summed E-state index contributed by atoms with van der Waals surface area (Å²) in [6.07, 6.45) is 0.284. The number of nitrogens with zero attached hydrogens (tertiary/aromatic N) is 1. The van der Waals surface area contributed by atoms with E-state index in [-0.39, 0.29) is 24.5 Å². The lowest BCUT2D eigenvalue weighted by Crippen LogP contribution is -2.36. The summed E-state index contributed by atoms with van der Waals surface area (Å²) in [6.45, 7) is 3.16. The summed E-state index contributed by atoms with van der Waals surface area (Å²) in [5, 5.41) is 9.35. The van der Waals surface area contributed by atoms with Gasteiger partial charge in [0, 0.05) is 13.1 Å². The molecule has 2 fully saturated rings. The highest BCUT2D eigenvalue weighted by Crippen LogP contribution is 2.64. The number of carbonyl (C=O) groups is 2. The molecule has 1 aromatic rings. The molecule has 3 rings (SSSR count). The zero-order valence-electron chi connectivity index (χ0n) is 12.0. The number of carboxylic acids is 1.